The molecule has 0 saturated heterocycles. The van der Waals surface area contributed by atoms with Crippen molar-refractivity contribution in [3.63, 3.8) is 0 Å². The summed E-state index contributed by atoms with van der Waals surface area (Å²) in [4.78, 5) is 11.8. The molecule has 19 heavy (non-hydrogen) atoms. The smallest absolute Gasteiger partial charge is 0.185 e. The zero-order chi connectivity index (χ0) is 13.5. The van der Waals surface area contributed by atoms with Crippen LogP contribution in [-0.2, 0) is 0 Å². The number of carbonyl (C=O) groups is 1. The van der Waals surface area contributed by atoms with Gasteiger partial charge in [-0.3, -0.25) is 4.79 Å². The minimum atomic E-state index is -0.0855. The molecule has 0 aliphatic heterocycles. The minimum absolute atomic E-state index is 0.0855. The van der Waals surface area contributed by atoms with E-state index >= 15 is 0 Å². The van der Waals surface area contributed by atoms with Crippen molar-refractivity contribution >= 4 is 11.9 Å². The first kappa shape index (κ1) is 12.8. The van der Waals surface area contributed by atoms with E-state index < -0.39 is 0 Å². The second-order valence-electron chi connectivity index (χ2n) is 4.04. The molecule has 2 heteroatoms. The summed E-state index contributed by atoms with van der Waals surface area (Å²) in [5.74, 6) is 0.0715. The molecule has 1 N–H and O–H groups in total. The van der Waals surface area contributed by atoms with Crippen molar-refractivity contribution in [3.8, 4) is 5.75 Å². The number of hydrogen-bond donors (Lipinski definition) is 1. The van der Waals surface area contributed by atoms with E-state index in [4.69, 9.17) is 5.11 Å². The summed E-state index contributed by atoms with van der Waals surface area (Å²) in [6.07, 6.45) is 6.97. The molecule has 0 atom stereocenters. The van der Waals surface area contributed by atoms with Crippen LogP contribution in [0.15, 0.2) is 72.8 Å². The lowest BCUT2D eigenvalue weighted by Crippen LogP contribution is -1.92. The van der Waals surface area contributed by atoms with Gasteiger partial charge < -0.3 is 5.11 Å². The van der Waals surface area contributed by atoms with Crippen molar-refractivity contribution in [3.05, 3.63) is 84.0 Å². The van der Waals surface area contributed by atoms with Gasteiger partial charge in [-0.1, -0.05) is 48.6 Å². The lowest BCUT2D eigenvalue weighted by molar-refractivity contribution is 0.104. The van der Waals surface area contributed by atoms with Crippen LogP contribution in [0.4, 0.5) is 0 Å². The van der Waals surface area contributed by atoms with Crippen LogP contribution in [0.1, 0.15) is 15.9 Å². The second kappa shape index (κ2) is 6.36. The Labute approximate surface area is 112 Å². The quantitative estimate of drug-likeness (QED) is 0.508. The van der Waals surface area contributed by atoms with Crippen LogP contribution >= 0.6 is 0 Å². The number of aromatic hydroxyl groups is 1. The molecule has 0 spiro atoms. The third kappa shape index (κ3) is 3.96. The van der Waals surface area contributed by atoms with Gasteiger partial charge in [0.1, 0.15) is 5.75 Å². The zero-order valence-corrected chi connectivity index (χ0v) is 10.4. The van der Waals surface area contributed by atoms with Crippen molar-refractivity contribution in [1.29, 1.82) is 0 Å². The lowest BCUT2D eigenvalue weighted by Gasteiger charge is -1.95. The standard InChI is InChI=1S/C17H14O2/c18-16-12-10-15(11-13-16)17(19)9-5-4-8-14-6-2-1-3-7-14/h1-13,18H/b8-4+,9-5+. The van der Waals surface area contributed by atoms with Crippen LogP contribution in [-0.4, -0.2) is 10.9 Å². The molecule has 2 rings (SSSR count). The first-order valence-corrected chi connectivity index (χ1v) is 5.99. The first-order valence-electron chi connectivity index (χ1n) is 5.99. The first-order chi connectivity index (χ1) is 9.25. The Hall–Kier alpha value is -2.61. The molecule has 0 saturated carbocycles. The largest absolute Gasteiger partial charge is 0.508 e. The van der Waals surface area contributed by atoms with E-state index in [1.807, 2.05) is 42.5 Å². The number of carbonyl (C=O) groups excluding carboxylic acids is 1. The maximum absolute atomic E-state index is 11.8. The van der Waals surface area contributed by atoms with Gasteiger partial charge in [0.15, 0.2) is 5.78 Å². The molecule has 0 bridgehead atoms. The molecule has 0 radical (unpaired) electrons. The fourth-order valence-electron chi connectivity index (χ4n) is 1.60. The predicted molar refractivity (Wildman–Crippen MR) is 77.1 cm³/mol. The molecule has 94 valence electrons. The van der Waals surface area contributed by atoms with E-state index in [0.29, 0.717) is 5.56 Å². The lowest BCUT2D eigenvalue weighted by atomic mass is 10.1. The van der Waals surface area contributed by atoms with Crippen LogP contribution in [0.3, 0.4) is 0 Å². The van der Waals surface area contributed by atoms with Gasteiger partial charge in [0, 0.05) is 5.56 Å². The van der Waals surface area contributed by atoms with Gasteiger partial charge in [0.2, 0.25) is 0 Å². The van der Waals surface area contributed by atoms with Gasteiger partial charge in [-0.25, -0.2) is 0 Å². The SMILES string of the molecule is O=C(/C=C/C=C/c1ccccc1)c1ccc(O)cc1. The summed E-state index contributed by atoms with van der Waals surface area (Å²) in [5.41, 5.74) is 1.64. The fourth-order valence-corrected chi connectivity index (χ4v) is 1.60. The fraction of sp³-hybridized carbons (Fsp3) is 0. The van der Waals surface area contributed by atoms with Gasteiger partial charge in [-0.15, -0.1) is 0 Å². The third-order valence-corrected chi connectivity index (χ3v) is 2.60. The summed E-state index contributed by atoms with van der Waals surface area (Å²) in [5, 5.41) is 9.14. The molecule has 0 unspecified atom stereocenters. The molecule has 2 nitrogen and oxygen atoms in total. The second-order valence-corrected chi connectivity index (χ2v) is 4.04. The van der Waals surface area contributed by atoms with Gasteiger partial charge in [0.25, 0.3) is 0 Å². The topological polar surface area (TPSA) is 37.3 Å². The number of rotatable bonds is 4. The van der Waals surface area contributed by atoms with E-state index in [9.17, 15) is 4.79 Å². The number of hydrogen-bond acceptors (Lipinski definition) is 2. The van der Waals surface area contributed by atoms with Gasteiger partial charge in [0.05, 0.1) is 0 Å². The zero-order valence-electron chi connectivity index (χ0n) is 10.4. The van der Waals surface area contributed by atoms with E-state index in [2.05, 4.69) is 0 Å². The molecular weight excluding hydrogens is 236 g/mol. The van der Waals surface area contributed by atoms with E-state index in [0.717, 1.165) is 5.56 Å². The summed E-state index contributed by atoms with van der Waals surface area (Å²) < 4.78 is 0. The highest BCUT2D eigenvalue weighted by molar-refractivity contribution is 6.04. The van der Waals surface area contributed by atoms with Gasteiger partial charge in [-0.05, 0) is 35.9 Å². The van der Waals surface area contributed by atoms with Crippen molar-refractivity contribution in [1.82, 2.24) is 0 Å². The number of phenols is 1. The van der Waals surface area contributed by atoms with E-state index in [1.54, 1.807) is 18.2 Å². The summed E-state index contributed by atoms with van der Waals surface area (Å²) in [6.45, 7) is 0. The highest BCUT2D eigenvalue weighted by Gasteiger charge is 1.99. The van der Waals surface area contributed by atoms with Crippen molar-refractivity contribution < 1.29 is 9.90 Å². The summed E-state index contributed by atoms with van der Waals surface area (Å²) >= 11 is 0. The van der Waals surface area contributed by atoms with Crippen LogP contribution in [0, 0.1) is 0 Å². The molecule has 0 aromatic heterocycles. The maximum Gasteiger partial charge on any atom is 0.185 e. The molecule has 2 aromatic carbocycles. The van der Waals surface area contributed by atoms with Crippen molar-refractivity contribution in [2.45, 2.75) is 0 Å². The molecular formula is C17H14O2. The highest BCUT2D eigenvalue weighted by atomic mass is 16.3. The van der Waals surface area contributed by atoms with Crippen molar-refractivity contribution in [2.24, 2.45) is 0 Å². The number of allylic oxidation sites excluding steroid dienone is 3. The van der Waals surface area contributed by atoms with Crippen LogP contribution in [0.2, 0.25) is 0 Å². The predicted octanol–water partition coefficient (Wildman–Crippen LogP) is 3.84. The highest BCUT2D eigenvalue weighted by Crippen LogP contribution is 2.10. The summed E-state index contributed by atoms with van der Waals surface area (Å²) in [7, 11) is 0. The Morgan fingerprint density at radius 1 is 0.895 bits per heavy atom. The number of phenolic OH excluding ortho intramolecular Hbond substituents is 1. The monoisotopic (exact) mass is 250 g/mol. The Kier molecular flexibility index (Phi) is 4.29. The van der Waals surface area contributed by atoms with E-state index in [1.165, 1.54) is 18.2 Å². The average molecular weight is 250 g/mol. The molecule has 2 aromatic rings. The Balaban J connectivity index is 1.97. The maximum atomic E-state index is 11.8. The van der Waals surface area contributed by atoms with Crippen LogP contribution < -0.4 is 0 Å². The molecule has 0 aliphatic carbocycles. The Morgan fingerprint density at radius 2 is 1.58 bits per heavy atom. The average Bonchev–Trinajstić information content (AvgIpc) is 2.45. The molecule has 0 fully saturated rings. The number of ketones is 1. The normalized spacial score (nSPS) is 11.2. The number of benzene rings is 2. The summed E-state index contributed by atoms with van der Waals surface area (Å²) in [6, 6.07) is 16.1. The molecule has 0 amide bonds. The van der Waals surface area contributed by atoms with Crippen LogP contribution in [0.5, 0.6) is 5.75 Å². The van der Waals surface area contributed by atoms with Gasteiger partial charge in [-0.2, -0.15) is 0 Å². The molecule has 0 heterocycles. The third-order valence-electron chi connectivity index (χ3n) is 2.60. The molecule has 0 aliphatic rings. The van der Waals surface area contributed by atoms with Crippen molar-refractivity contribution in [2.75, 3.05) is 0 Å². The minimum Gasteiger partial charge on any atom is -0.508 e. The Morgan fingerprint density at radius 3 is 2.26 bits per heavy atom. The van der Waals surface area contributed by atoms with Gasteiger partial charge >= 0.3 is 0 Å². The Bertz CT molecular complexity index is 593. The van der Waals surface area contributed by atoms with E-state index in [-0.39, 0.29) is 11.5 Å². The van der Waals surface area contributed by atoms with Crippen LogP contribution in [0.25, 0.3) is 6.08 Å².